The number of sulfonamides is 1. The summed E-state index contributed by atoms with van der Waals surface area (Å²) in [6, 6.07) is 19.6. The number of nitrogens with two attached hydrogens (primary N) is 2. The molecule has 10 nitrogen and oxygen atoms in total. The molecular weight excluding hydrogens is 502 g/mol. The first-order valence-corrected chi connectivity index (χ1v) is 13.6. The van der Waals surface area contributed by atoms with Gasteiger partial charge in [0.2, 0.25) is 10.0 Å². The molecule has 11 heteroatoms. The lowest BCUT2D eigenvalue weighted by Gasteiger charge is -2.30. The highest BCUT2D eigenvalue weighted by Gasteiger charge is 2.28. The topological polar surface area (TPSA) is 153 Å². The van der Waals surface area contributed by atoms with Gasteiger partial charge in [0.25, 0.3) is 5.91 Å². The molecule has 0 saturated heterocycles. The summed E-state index contributed by atoms with van der Waals surface area (Å²) in [6.45, 7) is 2.40. The van der Waals surface area contributed by atoms with Crippen molar-refractivity contribution in [3.05, 3.63) is 83.7 Å². The summed E-state index contributed by atoms with van der Waals surface area (Å²) in [5.74, 6) is 0.202. The van der Waals surface area contributed by atoms with Gasteiger partial charge in [0.05, 0.1) is 21.8 Å². The third-order valence-electron chi connectivity index (χ3n) is 6.82. The van der Waals surface area contributed by atoms with Crippen LogP contribution in [0.1, 0.15) is 28.2 Å². The SMILES string of the molecule is Cc1cc(C(=O)N2CCCc3cc(-c4ccccc4S(N)(=O)=O)ccc32)n(-c2ccc3[nH]nc(N)c3c2)n1. The highest BCUT2D eigenvalue weighted by molar-refractivity contribution is 7.89. The number of aromatic amines is 1. The first kappa shape index (κ1) is 23.9. The van der Waals surface area contributed by atoms with Gasteiger partial charge in [0, 0.05) is 23.2 Å². The van der Waals surface area contributed by atoms with Gasteiger partial charge in [-0.05, 0) is 73.4 Å². The fourth-order valence-electron chi connectivity index (χ4n) is 5.07. The van der Waals surface area contributed by atoms with Gasteiger partial charge in [-0.2, -0.15) is 10.2 Å². The highest BCUT2D eigenvalue weighted by atomic mass is 32.2. The molecule has 0 bridgehead atoms. The lowest BCUT2D eigenvalue weighted by Crippen LogP contribution is -2.36. The summed E-state index contributed by atoms with van der Waals surface area (Å²) < 4.78 is 25.9. The summed E-state index contributed by atoms with van der Waals surface area (Å²) in [4.78, 5) is 15.7. The molecule has 0 radical (unpaired) electrons. The van der Waals surface area contributed by atoms with Crippen molar-refractivity contribution in [2.24, 2.45) is 5.14 Å². The van der Waals surface area contributed by atoms with Gasteiger partial charge < -0.3 is 10.6 Å². The van der Waals surface area contributed by atoms with Crippen LogP contribution in [0.2, 0.25) is 0 Å². The van der Waals surface area contributed by atoms with Crippen LogP contribution in [0, 0.1) is 6.92 Å². The van der Waals surface area contributed by atoms with Crippen LogP contribution in [-0.4, -0.2) is 40.8 Å². The predicted octanol–water partition coefficient (Wildman–Crippen LogP) is 3.55. The number of rotatable bonds is 4. The molecule has 3 heterocycles. The molecule has 38 heavy (non-hydrogen) atoms. The third kappa shape index (κ3) is 4.01. The number of aromatic nitrogens is 4. The van der Waals surface area contributed by atoms with Crippen molar-refractivity contribution >= 4 is 38.3 Å². The van der Waals surface area contributed by atoms with E-state index in [2.05, 4.69) is 15.3 Å². The Hall–Kier alpha value is -4.48. The molecule has 192 valence electrons. The Labute approximate surface area is 218 Å². The first-order valence-electron chi connectivity index (χ1n) is 12.1. The van der Waals surface area contributed by atoms with Crippen LogP contribution in [0.5, 0.6) is 0 Å². The summed E-state index contributed by atoms with van der Waals surface area (Å²) in [5.41, 5.74) is 11.7. The van der Waals surface area contributed by atoms with Gasteiger partial charge in [-0.3, -0.25) is 9.89 Å². The molecule has 0 spiro atoms. The molecule has 1 amide bonds. The number of hydrogen-bond donors (Lipinski definition) is 3. The maximum atomic E-state index is 13.9. The Balaban J connectivity index is 1.39. The average Bonchev–Trinajstić information content (AvgIpc) is 3.49. The normalized spacial score (nSPS) is 13.6. The number of nitrogens with zero attached hydrogens (tertiary/aromatic N) is 4. The van der Waals surface area contributed by atoms with E-state index < -0.39 is 10.0 Å². The van der Waals surface area contributed by atoms with E-state index in [0.29, 0.717) is 35.0 Å². The number of amides is 1. The van der Waals surface area contributed by atoms with Crippen LogP contribution < -0.4 is 15.8 Å². The minimum atomic E-state index is -3.89. The van der Waals surface area contributed by atoms with Crippen molar-refractivity contribution in [2.75, 3.05) is 17.2 Å². The van der Waals surface area contributed by atoms with E-state index in [1.807, 2.05) is 43.3 Å². The Morgan fingerprint density at radius 2 is 1.87 bits per heavy atom. The lowest BCUT2D eigenvalue weighted by molar-refractivity contribution is 0.0977. The number of carbonyl (C=O) groups is 1. The van der Waals surface area contributed by atoms with Crippen molar-refractivity contribution in [3.8, 4) is 16.8 Å². The van der Waals surface area contributed by atoms with Crippen LogP contribution in [0.4, 0.5) is 11.5 Å². The fourth-order valence-corrected chi connectivity index (χ4v) is 5.83. The number of fused-ring (bicyclic) bond motifs is 2. The summed E-state index contributed by atoms with van der Waals surface area (Å²) in [6.07, 6.45) is 1.53. The zero-order chi connectivity index (χ0) is 26.6. The van der Waals surface area contributed by atoms with Gasteiger partial charge in [0.1, 0.15) is 5.69 Å². The predicted molar refractivity (Wildman–Crippen MR) is 146 cm³/mol. The second kappa shape index (κ2) is 8.82. The molecule has 1 aliphatic heterocycles. The molecule has 0 atom stereocenters. The lowest BCUT2D eigenvalue weighted by atomic mass is 9.96. The Kier molecular flexibility index (Phi) is 5.55. The number of primary sulfonamides is 1. The van der Waals surface area contributed by atoms with E-state index in [-0.39, 0.29) is 10.8 Å². The molecular formula is C27H25N7O3S. The molecule has 2 aromatic heterocycles. The number of H-pyrrole nitrogens is 1. The minimum Gasteiger partial charge on any atom is -0.382 e. The van der Waals surface area contributed by atoms with Gasteiger partial charge in [0.15, 0.2) is 5.82 Å². The van der Waals surface area contributed by atoms with E-state index in [1.54, 1.807) is 33.8 Å². The fraction of sp³-hybridized carbons (Fsp3) is 0.148. The number of aryl methyl sites for hydroxylation is 2. The van der Waals surface area contributed by atoms with Crippen LogP contribution >= 0.6 is 0 Å². The second-order valence-electron chi connectivity index (χ2n) is 9.37. The zero-order valence-electron chi connectivity index (χ0n) is 20.5. The second-order valence-corrected chi connectivity index (χ2v) is 10.9. The molecule has 0 unspecified atom stereocenters. The van der Waals surface area contributed by atoms with Crippen molar-refractivity contribution in [3.63, 3.8) is 0 Å². The summed E-state index contributed by atoms with van der Waals surface area (Å²) in [5, 5.41) is 17.7. The van der Waals surface area contributed by atoms with Crippen LogP contribution in [0.3, 0.4) is 0 Å². The number of carbonyl (C=O) groups excluding carboxylic acids is 1. The van der Waals surface area contributed by atoms with E-state index in [4.69, 9.17) is 10.9 Å². The van der Waals surface area contributed by atoms with E-state index >= 15 is 0 Å². The van der Waals surface area contributed by atoms with Gasteiger partial charge in [-0.25, -0.2) is 18.2 Å². The van der Waals surface area contributed by atoms with Crippen LogP contribution in [0.25, 0.3) is 27.7 Å². The average molecular weight is 528 g/mol. The monoisotopic (exact) mass is 527 g/mol. The molecule has 6 rings (SSSR count). The van der Waals surface area contributed by atoms with Crippen molar-refractivity contribution in [1.82, 2.24) is 20.0 Å². The van der Waals surface area contributed by atoms with Crippen LogP contribution in [-0.2, 0) is 16.4 Å². The summed E-state index contributed by atoms with van der Waals surface area (Å²) >= 11 is 0. The number of nitrogens with one attached hydrogen (secondary N) is 1. The van der Waals surface area contributed by atoms with Crippen molar-refractivity contribution in [2.45, 2.75) is 24.7 Å². The molecule has 1 aliphatic rings. The van der Waals surface area contributed by atoms with E-state index in [9.17, 15) is 13.2 Å². The van der Waals surface area contributed by atoms with Gasteiger partial charge in [-0.1, -0.05) is 24.3 Å². The number of benzene rings is 3. The maximum absolute atomic E-state index is 13.9. The maximum Gasteiger partial charge on any atom is 0.277 e. The Morgan fingerprint density at radius 1 is 1.05 bits per heavy atom. The van der Waals surface area contributed by atoms with Crippen molar-refractivity contribution in [1.29, 1.82) is 0 Å². The van der Waals surface area contributed by atoms with E-state index in [0.717, 1.165) is 40.6 Å². The molecule has 0 aliphatic carbocycles. The number of anilines is 2. The number of hydrogen-bond acceptors (Lipinski definition) is 6. The summed E-state index contributed by atoms with van der Waals surface area (Å²) in [7, 11) is -3.89. The molecule has 0 saturated carbocycles. The molecule has 0 fully saturated rings. The van der Waals surface area contributed by atoms with Gasteiger partial charge in [-0.15, -0.1) is 0 Å². The quantitative estimate of drug-likeness (QED) is 0.325. The smallest absolute Gasteiger partial charge is 0.277 e. The van der Waals surface area contributed by atoms with Crippen molar-refractivity contribution < 1.29 is 13.2 Å². The number of nitrogen functional groups attached to an aromatic ring is 1. The third-order valence-corrected chi connectivity index (χ3v) is 7.79. The standard InChI is InChI=1S/C27H25N7O3S/c1-16-13-24(34(32-16)19-9-10-22-21(15-19)26(28)31-30-22)27(35)33-12-4-5-18-14-17(8-11-23(18)33)20-6-2-3-7-25(20)38(29,36)37/h2-3,6-11,13-15H,4-5,12H2,1H3,(H3,28,30,31)(H2,29,36,37). The Morgan fingerprint density at radius 3 is 2.68 bits per heavy atom. The largest absolute Gasteiger partial charge is 0.382 e. The van der Waals surface area contributed by atoms with E-state index in [1.165, 1.54) is 6.07 Å². The molecule has 3 aromatic carbocycles. The van der Waals surface area contributed by atoms with Gasteiger partial charge >= 0.3 is 0 Å². The Bertz CT molecular complexity index is 1840. The highest BCUT2D eigenvalue weighted by Crippen LogP contribution is 2.35. The zero-order valence-corrected chi connectivity index (χ0v) is 21.4. The molecule has 5 aromatic rings. The minimum absolute atomic E-state index is 0.0679. The first-order chi connectivity index (χ1) is 18.2. The van der Waals surface area contributed by atoms with Crippen LogP contribution in [0.15, 0.2) is 71.6 Å². The molecule has 5 N–H and O–H groups in total.